The molecule has 2 aromatic rings. The minimum Gasteiger partial charge on any atom is -0.494 e. The number of rotatable bonds is 6. The van der Waals surface area contributed by atoms with Crippen LogP contribution in [0.5, 0.6) is 5.75 Å². The molecule has 8 heteroatoms. The van der Waals surface area contributed by atoms with Gasteiger partial charge in [0.25, 0.3) is 0 Å². The van der Waals surface area contributed by atoms with Gasteiger partial charge in [0, 0.05) is 37.5 Å². The van der Waals surface area contributed by atoms with Crippen LogP contribution in [0, 0.1) is 0 Å². The predicted molar refractivity (Wildman–Crippen MR) is 100 cm³/mol. The lowest BCUT2D eigenvalue weighted by molar-refractivity contribution is -0.132. The number of aromatic nitrogens is 2. The highest BCUT2D eigenvalue weighted by atomic mass is 35.5. The van der Waals surface area contributed by atoms with Crippen LogP contribution >= 0.6 is 12.4 Å². The number of amides is 1. The Balaban J connectivity index is 0.00000243. The lowest BCUT2D eigenvalue weighted by Gasteiger charge is -2.30. The zero-order valence-electron chi connectivity index (χ0n) is 14.9. The Labute approximate surface area is 159 Å². The van der Waals surface area contributed by atoms with Crippen molar-refractivity contribution in [3.63, 3.8) is 0 Å². The van der Waals surface area contributed by atoms with Gasteiger partial charge in [-0.2, -0.15) is 4.98 Å². The number of nitrogens with zero attached hydrogens (tertiary/aromatic N) is 3. The lowest BCUT2D eigenvalue weighted by atomic mass is 10.1. The highest BCUT2D eigenvalue weighted by molar-refractivity contribution is 5.85. The summed E-state index contributed by atoms with van der Waals surface area (Å²) in [6.45, 7) is 3.99. The molecule has 1 aromatic carbocycles. The first kappa shape index (κ1) is 20.2. The van der Waals surface area contributed by atoms with Crippen LogP contribution in [0.1, 0.15) is 32.1 Å². The smallest absolute Gasteiger partial charge is 0.227 e. The summed E-state index contributed by atoms with van der Waals surface area (Å²) >= 11 is 0. The molecule has 0 bridgehead atoms. The van der Waals surface area contributed by atoms with Crippen LogP contribution in [0.15, 0.2) is 28.8 Å². The number of aryl methyl sites for hydroxylation is 1. The molecule has 1 aliphatic rings. The quantitative estimate of drug-likeness (QED) is 0.827. The molecule has 1 fully saturated rings. The van der Waals surface area contributed by atoms with Gasteiger partial charge in [-0.1, -0.05) is 5.16 Å². The summed E-state index contributed by atoms with van der Waals surface area (Å²) in [5.41, 5.74) is 6.78. The largest absolute Gasteiger partial charge is 0.494 e. The van der Waals surface area contributed by atoms with Crippen LogP contribution in [0.4, 0.5) is 0 Å². The Hall–Kier alpha value is -2.12. The van der Waals surface area contributed by atoms with E-state index >= 15 is 0 Å². The lowest BCUT2D eigenvalue weighted by Crippen LogP contribution is -2.45. The molecule has 0 spiro atoms. The van der Waals surface area contributed by atoms with Gasteiger partial charge in [-0.3, -0.25) is 4.79 Å². The van der Waals surface area contributed by atoms with Gasteiger partial charge in [-0.25, -0.2) is 0 Å². The van der Waals surface area contributed by atoms with Crippen molar-refractivity contribution in [2.75, 3.05) is 19.7 Å². The molecule has 1 unspecified atom stereocenters. The summed E-state index contributed by atoms with van der Waals surface area (Å²) in [6.07, 6.45) is 2.75. The number of nitrogens with two attached hydrogens (primary N) is 1. The summed E-state index contributed by atoms with van der Waals surface area (Å²) in [6, 6.07) is 7.61. The predicted octanol–water partition coefficient (Wildman–Crippen LogP) is 2.44. The summed E-state index contributed by atoms with van der Waals surface area (Å²) in [4.78, 5) is 18.5. The zero-order valence-corrected chi connectivity index (χ0v) is 15.7. The molecule has 2 heterocycles. The molecule has 142 valence electrons. The molecule has 0 saturated carbocycles. The first-order valence-electron chi connectivity index (χ1n) is 8.75. The number of carbonyl (C=O) groups excluding carboxylic acids is 1. The van der Waals surface area contributed by atoms with Crippen molar-refractivity contribution in [3.8, 4) is 17.1 Å². The minimum absolute atomic E-state index is 0. The number of piperidine rings is 1. The highest BCUT2D eigenvalue weighted by Crippen LogP contribution is 2.20. The second kappa shape index (κ2) is 9.54. The molecule has 26 heavy (non-hydrogen) atoms. The monoisotopic (exact) mass is 380 g/mol. The van der Waals surface area contributed by atoms with E-state index in [1.54, 1.807) is 0 Å². The number of hydrogen-bond donors (Lipinski definition) is 1. The molecule has 1 amide bonds. The average Bonchev–Trinajstić information content (AvgIpc) is 3.09. The summed E-state index contributed by atoms with van der Waals surface area (Å²) in [7, 11) is 0. The molecule has 1 aliphatic heterocycles. The first-order valence-corrected chi connectivity index (χ1v) is 8.75. The zero-order chi connectivity index (χ0) is 17.6. The topological polar surface area (TPSA) is 94.5 Å². The number of likely N-dealkylation sites (tertiary alicyclic amines) is 1. The summed E-state index contributed by atoms with van der Waals surface area (Å²) < 4.78 is 10.7. The average molecular weight is 381 g/mol. The molecule has 0 aliphatic carbocycles. The number of ether oxygens (including phenoxy) is 1. The van der Waals surface area contributed by atoms with E-state index in [-0.39, 0.29) is 24.4 Å². The van der Waals surface area contributed by atoms with Gasteiger partial charge >= 0.3 is 0 Å². The van der Waals surface area contributed by atoms with E-state index in [0.29, 0.717) is 37.7 Å². The standard InChI is InChI=1S/C18H24N4O3.ClH/c1-2-24-15-7-5-13(6-8-15)18-20-16(25-21-18)9-10-17(23)22-11-3-4-14(19)12-22;/h5-8,14H,2-4,9-12,19H2,1H3;1H. The molecule has 1 atom stereocenters. The highest BCUT2D eigenvalue weighted by Gasteiger charge is 2.21. The maximum absolute atomic E-state index is 12.3. The third kappa shape index (κ3) is 5.19. The maximum atomic E-state index is 12.3. The van der Waals surface area contributed by atoms with E-state index < -0.39 is 0 Å². The van der Waals surface area contributed by atoms with Crippen molar-refractivity contribution in [1.29, 1.82) is 0 Å². The third-order valence-electron chi connectivity index (χ3n) is 4.25. The van der Waals surface area contributed by atoms with Crippen molar-refractivity contribution in [3.05, 3.63) is 30.2 Å². The van der Waals surface area contributed by atoms with Crippen molar-refractivity contribution in [2.45, 2.75) is 38.6 Å². The number of halogens is 1. The normalized spacial score (nSPS) is 16.8. The molecule has 0 radical (unpaired) electrons. The molecule has 3 rings (SSSR count). The van der Waals surface area contributed by atoms with Gasteiger partial charge in [-0.15, -0.1) is 12.4 Å². The second-order valence-electron chi connectivity index (χ2n) is 6.21. The second-order valence-corrected chi connectivity index (χ2v) is 6.21. The Morgan fingerprint density at radius 1 is 1.38 bits per heavy atom. The van der Waals surface area contributed by atoms with Crippen LogP contribution in [-0.4, -0.2) is 46.7 Å². The molecule has 2 N–H and O–H groups in total. The molecular weight excluding hydrogens is 356 g/mol. The third-order valence-corrected chi connectivity index (χ3v) is 4.25. The fourth-order valence-electron chi connectivity index (χ4n) is 2.95. The first-order chi connectivity index (χ1) is 12.2. The Morgan fingerprint density at radius 3 is 2.85 bits per heavy atom. The van der Waals surface area contributed by atoms with E-state index in [1.165, 1.54) is 0 Å². The molecule has 1 aromatic heterocycles. The van der Waals surface area contributed by atoms with Crippen molar-refractivity contribution in [2.24, 2.45) is 5.73 Å². The Kier molecular flexibility index (Phi) is 7.41. The molecule has 7 nitrogen and oxygen atoms in total. The number of carbonyl (C=O) groups is 1. The van der Waals surface area contributed by atoms with Gasteiger partial charge in [0.1, 0.15) is 5.75 Å². The van der Waals surface area contributed by atoms with E-state index in [2.05, 4.69) is 10.1 Å². The van der Waals surface area contributed by atoms with Crippen molar-refractivity contribution >= 4 is 18.3 Å². The van der Waals surface area contributed by atoms with Crippen LogP contribution in [0.3, 0.4) is 0 Å². The van der Waals surface area contributed by atoms with Crippen molar-refractivity contribution in [1.82, 2.24) is 15.0 Å². The minimum atomic E-state index is 0. The van der Waals surface area contributed by atoms with Crippen LogP contribution < -0.4 is 10.5 Å². The van der Waals surface area contributed by atoms with E-state index in [0.717, 1.165) is 30.7 Å². The molecular formula is C18H25ClN4O3. The molecule has 1 saturated heterocycles. The summed E-state index contributed by atoms with van der Waals surface area (Å²) in [5.74, 6) is 1.89. The Morgan fingerprint density at radius 2 is 2.15 bits per heavy atom. The van der Waals surface area contributed by atoms with Gasteiger partial charge in [0.05, 0.1) is 6.61 Å². The van der Waals surface area contributed by atoms with Crippen molar-refractivity contribution < 1.29 is 14.1 Å². The van der Waals surface area contributed by atoms with Crippen LogP contribution in [-0.2, 0) is 11.2 Å². The Bertz CT molecular complexity index is 705. The fourth-order valence-corrected chi connectivity index (χ4v) is 2.95. The number of hydrogen-bond acceptors (Lipinski definition) is 6. The van der Waals surface area contributed by atoms with Gasteiger partial charge in [0.15, 0.2) is 0 Å². The van der Waals surface area contributed by atoms with E-state index in [4.69, 9.17) is 15.0 Å². The SMILES string of the molecule is CCOc1ccc(-c2noc(CCC(=O)N3CCCC(N)C3)n2)cc1.Cl. The van der Waals surface area contributed by atoms with Gasteiger partial charge < -0.3 is 19.9 Å². The number of benzene rings is 1. The maximum Gasteiger partial charge on any atom is 0.227 e. The van der Waals surface area contributed by atoms with E-state index in [9.17, 15) is 4.79 Å². The van der Waals surface area contributed by atoms with Crippen LogP contribution in [0.25, 0.3) is 11.4 Å². The fraction of sp³-hybridized carbons (Fsp3) is 0.500. The summed E-state index contributed by atoms with van der Waals surface area (Å²) in [5, 5.41) is 3.99. The van der Waals surface area contributed by atoms with E-state index in [1.807, 2.05) is 36.1 Å². The van der Waals surface area contributed by atoms with Gasteiger partial charge in [-0.05, 0) is 44.0 Å². The van der Waals surface area contributed by atoms with Gasteiger partial charge in [0.2, 0.25) is 17.6 Å². The van der Waals surface area contributed by atoms with Crippen LogP contribution in [0.2, 0.25) is 0 Å².